The number of nitrogens with zero attached hydrogens (tertiary/aromatic N) is 1. The second-order valence-corrected chi connectivity index (χ2v) is 15.2. The van der Waals surface area contributed by atoms with E-state index in [1.54, 1.807) is 24.3 Å². The van der Waals surface area contributed by atoms with Gasteiger partial charge in [-0.1, -0.05) is 111 Å². The van der Waals surface area contributed by atoms with E-state index in [1.807, 2.05) is 18.2 Å². The van der Waals surface area contributed by atoms with Crippen LogP contribution in [0.25, 0.3) is 10.8 Å². The van der Waals surface area contributed by atoms with E-state index in [0.29, 0.717) is 18.2 Å². The molecule has 57 heavy (non-hydrogen) atoms. The average Bonchev–Trinajstić information content (AvgIpc) is 3.45. The van der Waals surface area contributed by atoms with Gasteiger partial charge >= 0.3 is 13.4 Å². The molecule has 0 spiro atoms. The van der Waals surface area contributed by atoms with Crippen molar-refractivity contribution in [2.24, 2.45) is 0 Å². The van der Waals surface area contributed by atoms with Crippen LogP contribution in [0.2, 0.25) is 0 Å². The maximum Gasteiger partial charge on any atom is 0.458 e. The highest BCUT2D eigenvalue weighted by Gasteiger charge is 2.57. The molecule has 1 amide bonds. The van der Waals surface area contributed by atoms with Crippen molar-refractivity contribution >= 4 is 24.4 Å². The number of hydrogen-bond acceptors (Lipinski definition) is 8. The summed E-state index contributed by atoms with van der Waals surface area (Å²) in [5.41, 5.74) is -4.03. The van der Waals surface area contributed by atoms with Crippen molar-refractivity contribution < 1.29 is 32.6 Å². The summed E-state index contributed by atoms with van der Waals surface area (Å²) >= 11 is 0. The van der Waals surface area contributed by atoms with Crippen molar-refractivity contribution in [3.05, 3.63) is 136 Å². The molecule has 0 radical (unpaired) electrons. The minimum Gasteiger partial charge on any atom is -0.413 e. The Morgan fingerprint density at radius 3 is 2.25 bits per heavy atom. The summed E-state index contributed by atoms with van der Waals surface area (Å²) in [5, 5.41) is 18.1. The van der Waals surface area contributed by atoms with Gasteiger partial charge in [0, 0.05) is 37.2 Å². The second kappa shape index (κ2) is 23.5. The number of fused-ring (bicyclic) bond motifs is 1. The van der Waals surface area contributed by atoms with Crippen LogP contribution in [0.1, 0.15) is 77.9 Å². The van der Waals surface area contributed by atoms with Gasteiger partial charge in [0.2, 0.25) is 5.91 Å². The third-order valence-electron chi connectivity index (χ3n) is 9.27. The first kappa shape index (κ1) is 45.1. The maximum absolute atomic E-state index is 16.2. The second-order valence-electron chi connectivity index (χ2n) is 13.5. The Morgan fingerprint density at radius 2 is 1.58 bits per heavy atom. The molecule has 2 heterocycles. The number of hydrogen-bond donors (Lipinski definition) is 4. The molecule has 2 aromatic carbocycles. The first-order valence-corrected chi connectivity index (χ1v) is 21.2. The molecule has 3 aromatic rings. The zero-order valence-electron chi connectivity index (χ0n) is 32.8. The summed E-state index contributed by atoms with van der Waals surface area (Å²) in [5.74, 6) is 0.0849. The Balaban J connectivity index is 1.25. The van der Waals surface area contributed by atoms with E-state index >= 15 is 4.39 Å². The highest BCUT2D eigenvalue weighted by molar-refractivity contribution is 7.52. The third-order valence-corrected chi connectivity index (χ3v) is 10.8. The van der Waals surface area contributed by atoms with Gasteiger partial charge in [-0.3, -0.25) is 23.7 Å². The van der Waals surface area contributed by atoms with Gasteiger partial charge in [-0.2, -0.15) is 0 Å². The van der Waals surface area contributed by atoms with E-state index in [-0.39, 0.29) is 31.2 Å². The van der Waals surface area contributed by atoms with Crippen molar-refractivity contribution in [1.29, 1.82) is 0 Å². The first-order valence-electron chi connectivity index (χ1n) is 19.6. The number of halogens is 1. The van der Waals surface area contributed by atoms with Crippen LogP contribution in [0, 0.1) is 0 Å². The smallest absolute Gasteiger partial charge is 0.413 e. The van der Waals surface area contributed by atoms with Crippen LogP contribution >= 0.6 is 7.75 Å². The van der Waals surface area contributed by atoms with E-state index < -0.39 is 49.7 Å². The predicted octanol–water partition coefficient (Wildman–Crippen LogP) is 7.90. The minimum absolute atomic E-state index is 0.00591. The van der Waals surface area contributed by atoms with Gasteiger partial charge in [0.25, 0.3) is 5.56 Å². The van der Waals surface area contributed by atoms with Gasteiger partial charge in [0.15, 0.2) is 11.9 Å². The summed E-state index contributed by atoms with van der Waals surface area (Å²) in [6.45, 7) is 3.13. The summed E-state index contributed by atoms with van der Waals surface area (Å²) in [6, 6.07) is 13.6. The third kappa shape index (κ3) is 14.0. The standard InChI is InChI=1S/C43H56FN4O8P/c1-3-5-6-7-8-9-10-11-12-13-14-15-16-17-18-19-20-28-38(49)45-30-31-46-57(53,56-36-27-23-25-34-24-21-22-26-35(34)36)54-33-37-40(51)43(44,4-2)41(55-37)48-32-29-39(50)47-42(48)52/h5-6,8-9,11-12,14-15,17-18,21-27,29,32,37,40-41,51H,3-4,7,10,13,16,19-20,28,30-31,33H2,1-2H3,(H,45,49)(H,46,53)(H,47,50,52)/b6-5-,9-8-,12-11-,15-14-,18-17-/t37-,40-,41-,43-,57?/m1/s1. The topological polar surface area (TPSA) is 161 Å². The van der Waals surface area contributed by atoms with Gasteiger partial charge in [0.05, 0.1) is 6.61 Å². The van der Waals surface area contributed by atoms with Gasteiger partial charge < -0.3 is 19.7 Å². The molecule has 0 saturated carbocycles. The molecule has 1 unspecified atom stereocenters. The number of H-pyrrole nitrogens is 1. The van der Waals surface area contributed by atoms with Crippen LogP contribution in [0.3, 0.4) is 0 Å². The number of carbonyl (C=O) groups is 1. The number of unbranched alkanes of at least 4 members (excludes halogenated alkanes) is 1. The molecule has 4 N–H and O–H groups in total. The van der Waals surface area contributed by atoms with Crippen LogP contribution in [0.15, 0.2) is 125 Å². The van der Waals surface area contributed by atoms with Crippen LogP contribution in [0.4, 0.5) is 4.39 Å². The fourth-order valence-corrected chi connectivity index (χ4v) is 7.50. The Morgan fingerprint density at radius 1 is 0.930 bits per heavy atom. The summed E-state index contributed by atoms with van der Waals surface area (Å²) < 4.78 is 48.8. The number of nitrogens with one attached hydrogen (secondary N) is 3. The number of carbonyl (C=O) groups excluding carboxylic acids is 1. The molecule has 12 nitrogen and oxygen atoms in total. The molecule has 4 rings (SSSR count). The van der Waals surface area contributed by atoms with E-state index in [0.717, 1.165) is 60.7 Å². The summed E-state index contributed by atoms with van der Waals surface area (Å²) in [7, 11) is -4.25. The quantitative estimate of drug-likeness (QED) is 0.0401. The van der Waals surface area contributed by atoms with Crippen LogP contribution in [-0.4, -0.2) is 58.1 Å². The Bertz CT molecular complexity index is 2040. The van der Waals surface area contributed by atoms with Crippen LogP contribution < -0.4 is 26.2 Å². The fraction of sp³-hybridized carbons (Fsp3) is 0.419. The lowest BCUT2D eigenvalue weighted by molar-refractivity contribution is -0.121. The van der Waals surface area contributed by atoms with Crippen molar-refractivity contribution in [3.63, 3.8) is 0 Å². The predicted molar refractivity (Wildman–Crippen MR) is 223 cm³/mol. The molecule has 1 fully saturated rings. The molecule has 14 heteroatoms. The average molecular weight is 807 g/mol. The van der Waals surface area contributed by atoms with E-state index in [9.17, 15) is 24.1 Å². The zero-order chi connectivity index (χ0) is 40.9. The molecular weight excluding hydrogens is 750 g/mol. The number of alkyl halides is 1. The van der Waals surface area contributed by atoms with Crippen molar-refractivity contribution in [1.82, 2.24) is 20.0 Å². The first-order chi connectivity index (χ1) is 27.6. The number of aliphatic hydroxyl groups excluding tert-OH is 1. The van der Waals surface area contributed by atoms with Crippen LogP contribution in [-0.2, 0) is 18.6 Å². The highest BCUT2D eigenvalue weighted by atomic mass is 31.2. The maximum atomic E-state index is 16.2. The Labute approximate surface area is 333 Å². The number of ether oxygens (including phenoxy) is 1. The minimum atomic E-state index is -4.25. The normalized spacial score (nSPS) is 21.2. The molecule has 1 aliphatic rings. The number of benzene rings is 2. The molecule has 1 saturated heterocycles. The molecule has 1 aromatic heterocycles. The Hall–Kier alpha value is -4.65. The zero-order valence-corrected chi connectivity index (χ0v) is 33.7. The summed E-state index contributed by atoms with van der Waals surface area (Å²) in [6.07, 6.45) is 23.9. The monoisotopic (exact) mass is 806 g/mol. The van der Waals surface area contributed by atoms with Gasteiger partial charge in [0.1, 0.15) is 18.0 Å². The number of aromatic nitrogens is 2. The highest BCUT2D eigenvalue weighted by Crippen LogP contribution is 2.49. The molecule has 1 aliphatic heterocycles. The van der Waals surface area contributed by atoms with Crippen LogP contribution in [0.5, 0.6) is 5.75 Å². The van der Waals surface area contributed by atoms with E-state index in [2.05, 4.69) is 83.1 Å². The van der Waals surface area contributed by atoms with Crippen molar-refractivity contribution in [2.45, 2.75) is 95.7 Å². The molecular formula is C43H56FN4O8P. The van der Waals surface area contributed by atoms with Crippen molar-refractivity contribution in [3.8, 4) is 5.75 Å². The molecule has 308 valence electrons. The van der Waals surface area contributed by atoms with Gasteiger partial charge in [-0.05, 0) is 62.8 Å². The summed E-state index contributed by atoms with van der Waals surface area (Å²) in [4.78, 5) is 38.7. The van der Waals surface area contributed by atoms with E-state index in [1.165, 1.54) is 6.92 Å². The van der Waals surface area contributed by atoms with Crippen molar-refractivity contribution in [2.75, 3.05) is 19.7 Å². The largest absolute Gasteiger partial charge is 0.458 e. The fourth-order valence-electron chi connectivity index (χ4n) is 6.14. The number of amides is 1. The van der Waals surface area contributed by atoms with Gasteiger partial charge in [-0.15, -0.1) is 0 Å². The molecule has 0 aliphatic carbocycles. The van der Waals surface area contributed by atoms with Gasteiger partial charge in [-0.25, -0.2) is 18.8 Å². The number of aliphatic hydroxyl groups is 1. The lowest BCUT2D eigenvalue weighted by atomic mass is 9.93. The lowest BCUT2D eigenvalue weighted by Crippen LogP contribution is -2.45. The molecule has 0 bridgehead atoms. The number of allylic oxidation sites excluding steroid dienone is 10. The van der Waals surface area contributed by atoms with E-state index in [4.69, 9.17) is 13.8 Å². The number of aromatic amines is 1. The SMILES string of the molecule is CC/C=C\C/C=C\C/C=C\C/C=C\C/C=C\CCCC(=O)NCCNP(=O)(OC[C@H]1O[C@@H](n2ccc(=O)[nH]c2=O)[C@@](F)(CC)[C@@H]1O)Oc1cccc2ccccc12. The molecule has 5 atom stereocenters. The lowest BCUT2D eigenvalue weighted by Gasteiger charge is -2.27. The Kier molecular flexibility index (Phi) is 18.6. The number of rotatable bonds is 24.